The second-order valence-electron chi connectivity index (χ2n) is 9.48. The van der Waals surface area contributed by atoms with Gasteiger partial charge in [0.1, 0.15) is 17.6 Å². The van der Waals surface area contributed by atoms with Crippen LogP contribution in [0.15, 0.2) is 102 Å². The summed E-state index contributed by atoms with van der Waals surface area (Å²) in [4.78, 5) is 19.7. The number of fused-ring (bicyclic) bond motifs is 1. The predicted molar refractivity (Wildman–Crippen MR) is 164 cm³/mol. The number of benzene rings is 3. The van der Waals surface area contributed by atoms with E-state index in [4.69, 9.17) is 39.8 Å². The van der Waals surface area contributed by atoms with E-state index in [9.17, 15) is 4.79 Å². The van der Waals surface area contributed by atoms with Gasteiger partial charge in [-0.2, -0.15) is 0 Å². The average molecular weight is 588 g/mol. The van der Waals surface area contributed by atoms with E-state index >= 15 is 0 Å². The third kappa shape index (κ3) is 5.28. The number of carbonyl (C=O) groups is 1. The molecular weight excluding hydrogens is 563 g/mol. The number of anilines is 1. The maximum absolute atomic E-state index is 13.1. The molecule has 0 unspecified atom stereocenters. The summed E-state index contributed by atoms with van der Waals surface area (Å²) < 4.78 is 6.36. The quantitative estimate of drug-likeness (QED) is 0.189. The number of hydrogen-bond acceptors (Lipinski definition) is 4. The lowest BCUT2D eigenvalue weighted by atomic mass is 10.0. The van der Waals surface area contributed by atoms with E-state index in [1.807, 2.05) is 83.8 Å². The van der Waals surface area contributed by atoms with Gasteiger partial charge >= 0.3 is 0 Å². The van der Waals surface area contributed by atoms with Gasteiger partial charge in [0.25, 0.3) is 0 Å². The smallest absolute Gasteiger partial charge is 0.226 e. The van der Waals surface area contributed by atoms with E-state index in [0.29, 0.717) is 33.2 Å². The second-order valence-corrected chi connectivity index (χ2v) is 10.7. The lowest BCUT2D eigenvalue weighted by Gasteiger charge is -2.26. The predicted octanol–water partition coefficient (Wildman–Crippen LogP) is 7.80. The van der Waals surface area contributed by atoms with Crippen LogP contribution in [-0.2, 0) is 4.79 Å². The normalized spacial score (nSPS) is 16.8. The standard InChI is InChI=1S/C31H24Cl2N4O2S/c32-22-12-11-20(18-23(22)33)26-13-14-27(39-26)30-29(25-9-3-4-16-34-25)36-31(40)37(30)17-15-28(38)35-24-10-5-7-19-6-1-2-8-21(19)24/h1-14,16,18,29-30H,15,17H2,(H,35,38)(H,36,40)/t29-,30-/m1/s1. The van der Waals surface area contributed by atoms with Gasteiger partial charge in [-0.1, -0.05) is 65.7 Å². The lowest BCUT2D eigenvalue weighted by Crippen LogP contribution is -2.32. The molecule has 1 saturated heterocycles. The molecule has 9 heteroatoms. The Morgan fingerprint density at radius 2 is 1.80 bits per heavy atom. The zero-order valence-electron chi connectivity index (χ0n) is 21.2. The van der Waals surface area contributed by atoms with Crippen molar-refractivity contribution in [2.45, 2.75) is 18.5 Å². The molecule has 1 fully saturated rings. The first-order valence-electron chi connectivity index (χ1n) is 12.8. The Balaban J connectivity index is 1.26. The highest BCUT2D eigenvalue weighted by molar-refractivity contribution is 7.80. The van der Waals surface area contributed by atoms with E-state index in [1.165, 1.54) is 0 Å². The van der Waals surface area contributed by atoms with Gasteiger partial charge in [-0.3, -0.25) is 9.78 Å². The van der Waals surface area contributed by atoms with Crippen molar-refractivity contribution < 1.29 is 9.21 Å². The van der Waals surface area contributed by atoms with Crippen LogP contribution in [0.5, 0.6) is 0 Å². The monoisotopic (exact) mass is 586 g/mol. The number of rotatable bonds is 7. The largest absolute Gasteiger partial charge is 0.459 e. The lowest BCUT2D eigenvalue weighted by molar-refractivity contribution is -0.116. The number of thiocarbonyl (C=S) groups is 1. The number of furan rings is 1. The molecule has 6 rings (SSSR count). The van der Waals surface area contributed by atoms with E-state index in [2.05, 4.69) is 15.6 Å². The van der Waals surface area contributed by atoms with E-state index in [-0.39, 0.29) is 24.4 Å². The molecule has 2 N–H and O–H groups in total. The minimum Gasteiger partial charge on any atom is -0.459 e. The highest BCUT2D eigenvalue weighted by Gasteiger charge is 2.41. The Kier molecular flexibility index (Phi) is 7.43. The van der Waals surface area contributed by atoms with Crippen molar-refractivity contribution in [3.05, 3.63) is 119 Å². The van der Waals surface area contributed by atoms with Crippen molar-refractivity contribution in [3.8, 4) is 11.3 Å². The number of hydrogen-bond donors (Lipinski definition) is 2. The summed E-state index contributed by atoms with van der Waals surface area (Å²) in [6.07, 6.45) is 1.98. The maximum Gasteiger partial charge on any atom is 0.226 e. The van der Waals surface area contributed by atoms with Crippen LogP contribution in [0.4, 0.5) is 5.69 Å². The second kappa shape index (κ2) is 11.3. The van der Waals surface area contributed by atoms with Crippen molar-refractivity contribution in [1.82, 2.24) is 15.2 Å². The van der Waals surface area contributed by atoms with Crippen LogP contribution < -0.4 is 10.6 Å². The first kappa shape index (κ1) is 26.3. The molecule has 6 nitrogen and oxygen atoms in total. The Morgan fingerprint density at radius 1 is 0.975 bits per heavy atom. The fourth-order valence-electron chi connectivity index (χ4n) is 5.04. The summed E-state index contributed by atoms with van der Waals surface area (Å²) in [6, 6.07) is 28.2. The maximum atomic E-state index is 13.1. The topological polar surface area (TPSA) is 70.4 Å². The summed E-state index contributed by atoms with van der Waals surface area (Å²) in [5.41, 5.74) is 2.42. The molecule has 1 aliphatic rings. The molecular formula is C31H24Cl2N4O2S. The molecule has 0 saturated carbocycles. The van der Waals surface area contributed by atoms with Crippen LogP contribution in [0, 0.1) is 0 Å². The Labute approximate surface area is 246 Å². The molecule has 2 atom stereocenters. The SMILES string of the molecule is O=C(CCN1C(=S)N[C@H](c2ccccn2)[C@H]1c1ccc(-c2ccc(Cl)c(Cl)c2)o1)Nc1cccc2ccccc12. The Bertz CT molecular complexity index is 1700. The molecule has 0 spiro atoms. The highest BCUT2D eigenvalue weighted by atomic mass is 35.5. The molecule has 0 radical (unpaired) electrons. The van der Waals surface area contributed by atoms with Crippen LogP contribution >= 0.6 is 35.4 Å². The summed E-state index contributed by atoms with van der Waals surface area (Å²) in [5, 5.41) is 9.99. The number of nitrogens with one attached hydrogen (secondary N) is 2. The van der Waals surface area contributed by atoms with Gasteiger partial charge in [0, 0.05) is 35.8 Å². The van der Waals surface area contributed by atoms with Gasteiger partial charge in [0.15, 0.2) is 5.11 Å². The number of carbonyl (C=O) groups excluding carboxylic acids is 1. The summed E-state index contributed by atoms with van der Waals surface area (Å²) in [7, 11) is 0. The number of nitrogens with zero attached hydrogens (tertiary/aromatic N) is 2. The molecule has 3 aromatic carbocycles. The fourth-order valence-corrected chi connectivity index (χ4v) is 5.67. The third-order valence-corrected chi connectivity index (χ3v) is 8.06. The van der Waals surface area contributed by atoms with Crippen LogP contribution in [0.3, 0.4) is 0 Å². The molecule has 40 heavy (non-hydrogen) atoms. The molecule has 0 aliphatic carbocycles. The van der Waals surface area contributed by atoms with E-state index < -0.39 is 0 Å². The average Bonchev–Trinajstić information content (AvgIpc) is 3.58. The van der Waals surface area contributed by atoms with Gasteiger partial charge in [-0.25, -0.2) is 0 Å². The molecule has 5 aromatic rings. The zero-order valence-corrected chi connectivity index (χ0v) is 23.5. The molecule has 3 heterocycles. The van der Waals surface area contributed by atoms with Crippen molar-refractivity contribution in [3.63, 3.8) is 0 Å². The number of amides is 1. The fraction of sp³-hybridized carbons (Fsp3) is 0.129. The molecule has 2 aromatic heterocycles. The van der Waals surface area contributed by atoms with Crippen molar-refractivity contribution in [2.24, 2.45) is 0 Å². The van der Waals surface area contributed by atoms with Gasteiger partial charge in [-0.15, -0.1) is 0 Å². The van der Waals surface area contributed by atoms with Gasteiger partial charge in [0.2, 0.25) is 5.91 Å². The summed E-state index contributed by atoms with van der Waals surface area (Å²) >= 11 is 18.1. The van der Waals surface area contributed by atoms with Crippen LogP contribution in [0.1, 0.15) is 30.0 Å². The molecule has 200 valence electrons. The Hall–Kier alpha value is -3.91. The zero-order chi connectivity index (χ0) is 27.6. The first-order valence-corrected chi connectivity index (χ1v) is 14.0. The first-order chi connectivity index (χ1) is 19.5. The van der Waals surface area contributed by atoms with E-state index in [1.54, 1.807) is 18.3 Å². The molecule has 1 aliphatic heterocycles. The molecule has 1 amide bonds. The minimum atomic E-state index is -0.315. The number of halogens is 2. The summed E-state index contributed by atoms with van der Waals surface area (Å²) in [6.45, 7) is 0.388. The highest BCUT2D eigenvalue weighted by Crippen LogP contribution is 2.41. The van der Waals surface area contributed by atoms with Crippen molar-refractivity contribution in [2.75, 3.05) is 11.9 Å². The Morgan fingerprint density at radius 3 is 2.62 bits per heavy atom. The summed E-state index contributed by atoms with van der Waals surface area (Å²) in [5.74, 6) is 1.24. The van der Waals surface area contributed by atoms with E-state index in [0.717, 1.165) is 27.7 Å². The van der Waals surface area contributed by atoms with Crippen molar-refractivity contribution in [1.29, 1.82) is 0 Å². The van der Waals surface area contributed by atoms with Crippen LogP contribution in [-0.4, -0.2) is 27.4 Å². The minimum absolute atomic E-state index is 0.102. The number of aromatic nitrogens is 1. The number of pyridine rings is 1. The van der Waals surface area contributed by atoms with Crippen LogP contribution in [0.2, 0.25) is 10.0 Å². The van der Waals surface area contributed by atoms with Gasteiger partial charge in [-0.05, 0) is 66.1 Å². The van der Waals surface area contributed by atoms with Gasteiger partial charge < -0.3 is 20.0 Å². The van der Waals surface area contributed by atoms with Crippen molar-refractivity contribution >= 4 is 62.9 Å². The van der Waals surface area contributed by atoms with Crippen LogP contribution in [0.25, 0.3) is 22.1 Å². The molecule has 0 bridgehead atoms. The van der Waals surface area contributed by atoms with Gasteiger partial charge in [0.05, 0.1) is 21.8 Å². The third-order valence-electron chi connectivity index (χ3n) is 6.96.